The quantitative estimate of drug-likeness (QED) is 0.819. The minimum atomic E-state index is -0.647. The first-order chi connectivity index (χ1) is 9.11. The van der Waals surface area contributed by atoms with Crippen LogP contribution in [0.25, 0.3) is 0 Å². The molecule has 4 heteroatoms. The van der Waals surface area contributed by atoms with Crippen LogP contribution in [0.2, 0.25) is 0 Å². The number of hydrogen-bond donors (Lipinski definition) is 1. The maximum Gasteiger partial charge on any atom is 0.101 e. The average Bonchev–Trinajstić information content (AvgIpc) is 2.88. The molecule has 2 rings (SSSR count). The van der Waals surface area contributed by atoms with Crippen molar-refractivity contribution in [3.8, 4) is 6.07 Å². The standard InChI is InChI=1S/C15H28N4/c1-15(17,13-16)7-5-8-18-11-6-14(12-18)19-9-3-2-4-10-19/h14H,2-12,17H2,1H3. The molecular weight excluding hydrogens is 236 g/mol. The normalized spacial score (nSPS) is 29.0. The number of hydrogen-bond acceptors (Lipinski definition) is 4. The van der Waals surface area contributed by atoms with Crippen molar-refractivity contribution in [3.63, 3.8) is 0 Å². The summed E-state index contributed by atoms with van der Waals surface area (Å²) < 4.78 is 0. The van der Waals surface area contributed by atoms with Crippen molar-refractivity contribution in [1.82, 2.24) is 9.80 Å². The van der Waals surface area contributed by atoms with E-state index in [1.807, 2.05) is 6.92 Å². The molecule has 2 aliphatic rings. The number of rotatable bonds is 5. The number of likely N-dealkylation sites (tertiary alicyclic amines) is 2. The largest absolute Gasteiger partial charge is 0.314 e. The molecule has 19 heavy (non-hydrogen) atoms. The number of nitrogens with zero attached hydrogens (tertiary/aromatic N) is 3. The predicted molar refractivity (Wildman–Crippen MR) is 77.7 cm³/mol. The summed E-state index contributed by atoms with van der Waals surface area (Å²) in [4.78, 5) is 5.23. The van der Waals surface area contributed by atoms with Gasteiger partial charge in [0.1, 0.15) is 5.54 Å². The lowest BCUT2D eigenvalue weighted by atomic mass is 9.99. The molecule has 0 saturated carbocycles. The van der Waals surface area contributed by atoms with Gasteiger partial charge < -0.3 is 10.6 Å². The fourth-order valence-corrected chi connectivity index (χ4v) is 3.32. The number of nitriles is 1. The van der Waals surface area contributed by atoms with Gasteiger partial charge >= 0.3 is 0 Å². The summed E-state index contributed by atoms with van der Waals surface area (Å²) in [5.74, 6) is 0. The molecular formula is C15H28N4. The molecule has 2 aliphatic heterocycles. The van der Waals surface area contributed by atoms with Gasteiger partial charge in [-0.2, -0.15) is 5.26 Å². The van der Waals surface area contributed by atoms with Crippen molar-refractivity contribution in [3.05, 3.63) is 0 Å². The van der Waals surface area contributed by atoms with Crippen LogP contribution in [-0.4, -0.2) is 54.1 Å². The third-order valence-electron chi connectivity index (χ3n) is 4.58. The summed E-state index contributed by atoms with van der Waals surface area (Å²) in [5.41, 5.74) is 5.21. The molecule has 0 aliphatic carbocycles. The maximum absolute atomic E-state index is 8.90. The van der Waals surface area contributed by atoms with Crippen LogP contribution < -0.4 is 5.73 Å². The molecule has 0 radical (unpaired) electrons. The third-order valence-corrected chi connectivity index (χ3v) is 4.58. The van der Waals surface area contributed by atoms with Crippen LogP contribution in [0, 0.1) is 11.3 Å². The Labute approximate surface area is 117 Å². The molecule has 0 aromatic heterocycles. The Kier molecular flexibility index (Phi) is 5.20. The van der Waals surface area contributed by atoms with E-state index in [2.05, 4.69) is 15.9 Å². The second-order valence-electron chi connectivity index (χ2n) is 6.47. The zero-order valence-corrected chi connectivity index (χ0v) is 12.3. The van der Waals surface area contributed by atoms with Crippen molar-refractivity contribution in [2.75, 3.05) is 32.7 Å². The second kappa shape index (κ2) is 6.69. The highest BCUT2D eigenvalue weighted by atomic mass is 15.3. The van der Waals surface area contributed by atoms with Gasteiger partial charge in [0.15, 0.2) is 0 Å². The van der Waals surface area contributed by atoms with Crippen molar-refractivity contribution in [2.24, 2.45) is 5.73 Å². The fourth-order valence-electron chi connectivity index (χ4n) is 3.32. The summed E-state index contributed by atoms with van der Waals surface area (Å²) in [7, 11) is 0. The molecule has 4 nitrogen and oxygen atoms in total. The van der Waals surface area contributed by atoms with Crippen LogP contribution in [0.15, 0.2) is 0 Å². The zero-order valence-electron chi connectivity index (χ0n) is 12.3. The average molecular weight is 264 g/mol. The van der Waals surface area contributed by atoms with Crippen molar-refractivity contribution in [2.45, 2.75) is 57.0 Å². The topological polar surface area (TPSA) is 56.3 Å². The summed E-state index contributed by atoms with van der Waals surface area (Å²) in [5, 5.41) is 8.90. The van der Waals surface area contributed by atoms with Crippen LogP contribution in [0.1, 0.15) is 45.4 Å². The minimum absolute atomic E-state index is 0.647. The van der Waals surface area contributed by atoms with Gasteiger partial charge in [0.05, 0.1) is 6.07 Å². The third kappa shape index (κ3) is 4.45. The zero-order chi connectivity index (χ0) is 13.7. The molecule has 108 valence electrons. The van der Waals surface area contributed by atoms with E-state index >= 15 is 0 Å². The van der Waals surface area contributed by atoms with Crippen molar-refractivity contribution in [1.29, 1.82) is 5.26 Å². The SMILES string of the molecule is CC(N)(C#N)CCCN1CCC(N2CCCCC2)C1. The van der Waals surface area contributed by atoms with Crippen LogP contribution in [0.3, 0.4) is 0 Å². The van der Waals surface area contributed by atoms with Gasteiger partial charge in [0, 0.05) is 12.6 Å². The Morgan fingerprint density at radius 1 is 1.26 bits per heavy atom. The molecule has 0 aromatic rings. The summed E-state index contributed by atoms with van der Waals surface area (Å²) >= 11 is 0. The molecule has 2 N–H and O–H groups in total. The molecule has 2 saturated heterocycles. The number of piperidine rings is 1. The first-order valence-electron chi connectivity index (χ1n) is 7.77. The highest BCUT2D eigenvalue weighted by molar-refractivity contribution is 5.00. The molecule has 2 unspecified atom stereocenters. The summed E-state index contributed by atoms with van der Waals surface area (Å²) in [6.07, 6.45) is 7.32. The minimum Gasteiger partial charge on any atom is -0.314 e. The van der Waals surface area contributed by atoms with E-state index in [1.54, 1.807) is 0 Å². The predicted octanol–water partition coefficient (Wildman–Crippen LogP) is 1.57. The summed E-state index contributed by atoms with van der Waals surface area (Å²) in [6.45, 7) is 7.96. The maximum atomic E-state index is 8.90. The highest BCUT2D eigenvalue weighted by Gasteiger charge is 2.28. The van der Waals surface area contributed by atoms with Gasteiger partial charge in [-0.25, -0.2) is 0 Å². The van der Waals surface area contributed by atoms with Crippen LogP contribution in [0.5, 0.6) is 0 Å². The Morgan fingerprint density at radius 3 is 2.68 bits per heavy atom. The first-order valence-corrected chi connectivity index (χ1v) is 7.77. The second-order valence-corrected chi connectivity index (χ2v) is 6.47. The first kappa shape index (κ1) is 14.8. The molecule has 0 spiro atoms. The van der Waals surface area contributed by atoms with Crippen molar-refractivity contribution >= 4 is 0 Å². The Morgan fingerprint density at radius 2 is 2.00 bits per heavy atom. The smallest absolute Gasteiger partial charge is 0.101 e. The van der Waals surface area contributed by atoms with Gasteiger partial charge in [0.25, 0.3) is 0 Å². The Hall–Kier alpha value is -0.630. The van der Waals surface area contributed by atoms with E-state index in [1.165, 1.54) is 51.9 Å². The van der Waals surface area contributed by atoms with Gasteiger partial charge in [-0.1, -0.05) is 6.42 Å². The van der Waals surface area contributed by atoms with E-state index in [-0.39, 0.29) is 0 Å². The van der Waals surface area contributed by atoms with E-state index in [9.17, 15) is 0 Å². The van der Waals surface area contributed by atoms with E-state index in [4.69, 9.17) is 11.0 Å². The van der Waals surface area contributed by atoms with Gasteiger partial charge in [-0.15, -0.1) is 0 Å². The Balaban J connectivity index is 1.66. The van der Waals surface area contributed by atoms with E-state index < -0.39 is 5.54 Å². The molecule has 0 aromatic carbocycles. The van der Waals surface area contributed by atoms with Gasteiger partial charge in [-0.3, -0.25) is 4.90 Å². The fraction of sp³-hybridized carbons (Fsp3) is 0.933. The lowest BCUT2D eigenvalue weighted by Gasteiger charge is -2.32. The van der Waals surface area contributed by atoms with Crippen LogP contribution >= 0.6 is 0 Å². The lowest BCUT2D eigenvalue weighted by Crippen LogP contribution is -2.41. The Bertz CT molecular complexity index is 315. The van der Waals surface area contributed by atoms with Gasteiger partial charge in [-0.05, 0) is 65.2 Å². The molecule has 0 bridgehead atoms. The van der Waals surface area contributed by atoms with Gasteiger partial charge in [0.2, 0.25) is 0 Å². The highest BCUT2D eigenvalue weighted by Crippen LogP contribution is 2.20. The molecule has 0 amide bonds. The van der Waals surface area contributed by atoms with E-state index in [0.717, 1.165) is 25.4 Å². The lowest BCUT2D eigenvalue weighted by molar-refractivity contribution is 0.161. The van der Waals surface area contributed by atoms with Crippen molar-refractivity contribution < 1.29 is 0 Å². The summed E-state index contributed by atoms with van der Waals surface area (Å²) in [6, 6.07) is 2.96. The molecule has 2 heterocycles. The van der Waals surface area contributed by atoms with E-state index in [0.29, 0.717) is 0 Å². The molecule has 2 atom stereocenters. The number of nitrogens with two attached hydrogens (primary N) is 1. The molecule has 2 fully saturated rings. The van der Waals surface area contributed by atoms with Crippen LogP contribution in [0.4, 0.5) is 0 Å². The monoisotopic (exact) mass is 264 g/mol. The van der Waals surface area contributed by atoms with Crippen LogP contribution in [-0.2, 0) is 0 Å².